The summed E-state index contributed by atoms with van der Waals surface area (Å²) in [4.78, 5) is 32.7. The van der Waals surface area contributed by atoms with Gasteiger partial charge < -0.3 is 15.7 Å². The average Bonchev–Trinajstić information content (AvgIpc) is 3.32. The molecule has 5 aliphatic rings. The number of fused-ring (bicyclic) bond motifs is 3. The summed E-state index contributed by atoms with van der Waals surface area (Å²) in [5.74, 6) is -2.30. The van der Waals surface area contributed by atoms with E-state index in [-0.39, 0.29) is 51.9 Å². The Kier molecular flexibility index (Phi) is 6.93. The standard InChI is InChI=1S/C31H39Cl2FN4O3/c1-28(2)8-10-30(11-9-28)31(20-6-5-17(32)15-21(20)37-27(31)40)22(19-7-12-35-25(33)23(19)34)24(38-30)26(39)36-18-13-16(14-18)29(3,4)41/h5-7,12,15-16,18,20-22,24,38,41H,8-11,13-14H2,1-4H3,(H,36,39)(H,37,40)/t16?,18?,20?,21?,22-,24+,31+/m0/s1. The molecule has 41 heavy (non-hydrogen) atoms. The predicted octanol–water partition coefficient (Wildman–Crippen LogP) is 4.73. The number of carbonyl (C=O) groups excluding carboxylic acids is 2. The van der Waals surface area contributed by atoms with Crippen LogP contribution in [-0.2, 0) is 9.59 Å². The van der Waals surface area contributed by atoms with E-state index in [4.69, 9.17) is 23.2 Å². The molecule has 2 saturated heterocycles. The molecule has 222 valence electrons. The van der Waals surface area contributed by atoms with Gasteiger partial charge >= 0.3 is 0 Å². The van der Waals surface area contributed by atoms with Crippen LogP contribution in [0.2, 0.25) is 5.15 Å². The third-order valence-electron chi connectivity index (χ3n) is 10.9. The van der Waals surface area contributed by atoms with Gasteiger partial charge in [0.25, 0.3) is 0 Å². The van der Waals surface area contributed by atoms with Gasteiger partial charge in [-0.3, -0.25) is 14.9 Å². The van der Waals surface area contributed by atoms with Gasteiger partial charge in [-0.25, -0.2) is 9.37 Å². The Balaban J connectivity index is 1.47. The van der Waals surface area contributed by atoms with Gasteiger partial charge in [-0.2, -0.15) is 0 Å². The Hall–Kier alpha value is -2.00. The molecule has 2 amide bonds. The van der Waals surface area contributed by atoms with Gasteiger partial charge in [0.1, 0.15) is 0 Å². The first-order valence-electron chi connectivity index (χ1n) is 14.7. The highest BCUT2D eigenvalue weighted by Crippen LogP contribution is 2.66. The zero-order chi connectivity index (χ0) is 29.5. The van der Waals surface area contributed by atoms with Crippen molar-refractivity contribution in [3.8, 4) is 0 Å². The maximum atomic E-state index is 16.0. The van der Waals surface area contributed by atoms with Crippen molar-refractivity contribution < 1.29 is 19.1 Å². The lowest BCUT2D eigenvalue weighted by molar-refractivity contribution is -0.134. The Morgan fingerprint density at radius 2 is 1.88 bits per heavy atom. The SMILES string of the molecule is CC1(C)CCC2(CC1)N[C@@H](C(=O)NC1CC(C(C)(C)O)C1)[C@H](c1ccnc(Cl)c1F)[C@]21C(=O)NC2C=C(Cl)C=CC21. The number of nitrogens with zero attached hydrogens (tertiary/aromatic N) is 1. The molecule has 4 fully saturated rings. The minimum atomic E-state index is -1.18. The van der Waals surface area contributed by atoms with Crippen LogP contribution >= 0.6 is 23.2 Å². The molecule has 0 aromatic carbocycles. The highest BCUT2D eigenvalue weighted by atomic mass is 35.5. The van der Waals surface area contributed by atoms with Gasteiger partial charge in [0.15, 0.2) is 11.0 Å². The molecule has 1 aromatic heterocycles. The smallest absolute Gasteiger partial charge is 0.238 e. The summed E-state index contributed by atoms with van der Waals surface area (Å²) >= 11 is 12.6. The highest BCUT2D eigenvalue weighted by Gasteiger charge is 2.75. The van der Waals surface area contributed by atoms with Gasteiger partial charge in [-0.05, 0) is 87.5 Å². The first kappa shape index (κ1) is 29.1. The third-order valence-corrected chi connectivity index (χ3v) is 11.4. The van der Waals surface area contributed by atoms with Gasteiger partial charge in [0, 0.05) is 34.6 Å². The predicted molar refractivity (Wildman–Crippen MR) is 156 cm³/mol. The molecular formula is C31H39Cl2FN4O3. The minimum Gasteiger partial charge on any atom is -0.390 e. The molecule has 2 saturated carbocycles. The number of hydrogen-bond acceptors (Lipinski definition) is 5. The second-order valence-corrected chi connectivity index (χ2v) is 15.0. The van der Waals surface area contributed by atoms with Crippen molar-refractivity contribution in [2.75, 3.05) is 0 Å². The maximum Gasteiger partial charge on any atom is 0.238 e. The number of nitrogens with one attached hydrogen (secondary N) is 3. The van der Waals surface area contributed by atoms with Crippen LogP contribution in [0.15, 0.2) is 35.5 Å². The highest BCUT2D eigenvalue weighted by molar-refractivity contribution is 6.31. The Labute approximate surface area is 250 Å². The van der Waals surface area contributed by atoms with Crippen molar-refractivity contribution in [2.24, 2.45) is 22.7 Å². The molecule has 0 bridgehead atoms. The number of carbonyl (C=O) groups is 2. The monoisotopic (exact) mass is 604 g/mol. The molecular weight excluding hydrogens is 566 g/mol. The van der Waals surface area contributed by atoms with Gasteiger partial charge in [0.2, 0.25) is 11.8 Å². The van der Waals surface area contributed by atoms with Crippen molar-refractivity contribution in [2.45, 2.75) is 101 Å². The number of hydrogen-bond donors (Lipinski definition) is 4. The van der Waals surface area contributed by atoms with Crippen molar-refractivity contribution in [1.29, 1.82) is 0 Å². The van der Waals surface area contributed by atoms with E-state index in [1.807, 2.05) is 12.2 Å². The van der Waals surface area contributed by atoms with E-state index in [1.54, 1.807) is 26.0 Å². The van der Waals surface area contributed by atoms with Gasteiger partial charge in [-0.15, -0.1) is 0 Å². The fraction of sp³-hybridized carbons (Fsp3) is 0.645. The number of halogens is 3. The molecule has 6 rings (SSSR count). The summed E-state index contributed by atoms with van der Waals surface area (Å²) in [5.41, 5.74) is -2.48. The summed E-state index contributed by atoms with van der Waals surface area (Å²) < 4.78 is 16.0. The summed E-state index contributed by atoms with van der Waals surface area (Å²) in [6.07, 6.45) is 11.4. The van der Waals surface area contributed by atoms with Crippen LogP contribution in [0.3, 0.4) is 0 Å². The Morgan fingerprint density at radius 3 is 2.54 bits per heavy atom. The van der Waals surface area contributed by atoms with Crippen LogP contribution in [0.25, 0.3) is 0 Å². The molecule has 1 aromatic rings. The number of amides is 2. The number of allylic oxidation sites excluding steroid dienone is 2. The van der Waals surface area contributed by atoms with E-state index in [0.717, 1.165) is 12.8 Å². The minimum absolute atomic E-state index is 0.0767. The molecule has 10 heteroatoms. The van der Waals surface area contributed by atoms with E-state index in [2.05, 4.69) is 34.8 Å². The van der Waals surface area contributed by atoms with E-state index < -0.39 is 34.3 Å². The largest absolute Gasteiger partial charge is 0.390 e. The number of pyridine rings is 1. The third kappa shape index (κ3) is 4.47. The number of aromatic nitrogens is 1. The molecule has 0 radical (unpaired) electrons. The zero-order valence-electron chi connectivity index (χ0n) is 23.9. The van der Waals surface area contributed by atoms with Crippen molar-refractivity contribution in [3.63, 3.8) is 0 Å². The van der Waals surface area contributed by atoms with Crippen molar-refractivity contribution in [3.05, 3.63) is 52.1 Å². The van der Waals surface area contributed by atoms with E-state index in [9.17, 15) is 14.7 Å². The van der Waals surface area contributed by atoms with Crippen molar-refractivity contribution in [1.82, 2.24) is 20.9 Å². The number of rotatable bonds is 4. The average molecular weight is 606 g/mol. The van der Waals surface area contributed by atoms with Crippen LogP contribution in [0.1, 0.15) is 77.7 Å². The fourth-order valence-corrected chi connectivity index (χ4v) is 8.78. The Morgan fingerprint density at radius 1 is 1.20 bits per heavy atom. The lowest BCUT2D eigenvalue weighted by Gasteiger charge is -2.52. The Bertz CT molecular complexity index is 1320. The summed E-state index contributed by atoms with van der Waals surface area (Å²) in [6.45, 7) is 8.01. The number of aliphatic hydroxyl groups is 1. The first-order valence-corrected chi connectivity index (χ1v) is 15.4. The van der Waals surface area contributed by atoms with Crippen molar-refractivity contribution >= 4 is 35.0 Å². The van der Waals surface area contributed by atoms with Crippen LogP contribution in [0, 0.1) is 28.5 Å². The van der Waals surface area contributed by atoms with E-state index in [1.165, 1.54) is 6.20 Å². The lowest BCUT2D eigenvalue weighted by Crippen LogP contribution is -2.61. The molecule has 5 atom stereocenters. The molecule has 2 spiro atoms. The molecule has 2 aliphatic heterocycles. The molecule has 2 unspecified atom stereocenters. The maximum absolute atomic E-state index is 16.0. The summed E-state index contributed by atoms with van der Waals surface area (Å²) in [5, 5.41) is 20.7. The van der Waals surface area contributed by atoms with Crippen LogP contribution in [0.5, 0.6) is 0 Å². The van der Waals surface area contributed by atoms with Crippen LogP contribution in [-0.4, -0.2) is 51.2 Å². The van der Waals surface area contributed by atoms with E-state index >= 15 is 4.39 Å². The second kappa shape index (κ2) is 9.76. The molecule has 7 nitrogen and oxygen atoms in total. The molecule has 3 aliphatic carbocycles. The van der Waals surface area contributed by atoms with E-state index in [0.29, 0.717) is 30.7 Å². The first-order chi connectivity index (χ1) is 19.2. The van der Waals surface area contributed by atoms with Gasteiger partial charge in [-0.1, -0.05) is 43.1 Å². The van der Waals surface area contributed by atoms with Gasteiger partial charge in [0.05, 0.1) is 23.1 Å². The lowest BCUT2D eigenvalue weighted by atomic mass is 9.51. The summed E-state index contributed by atoms with van der Waals surface area (Å²) in [7, 11) is 0. The van der Waals surface area contributed by atoms with Crippen LogP contribution < -0.4 is 16.0 Å². The quantitative estimate of drug-likeness (QED) is 0.372. The molecule has 4 N–H and O–H groups in total. The van der Waals surface area contributed by atoms with Crippen LogP contribution in [0.4, 0.5) is 4.39 Å². The molecule has 3 heterocycles. The summed E-state index contributed by atoms with van der Waals surface area (Å²) in [6, 6.07) is 0.193. The fourth-order valence-electron chi connectivity index (χ4n) is 8.41. The zero-order valence-corrected chi connectivity index (χ0v) is 25.5. The topological polar surface area (TPSA) is 103 Å². The second-order valence-electron chi connectivity index (χ2n) is 14.2. The normalized spacial score (nSPS) is 37.0.